The molecular formula is C23H24N4O2. The van der Waals surface area contributed by atoms with Crippen LogP contribution >= 0.6 is 0 Å². The maximum Gasteiger partial charge on any atom is 0.145 e. The van der Waals surface area contributed by atoms with Crippen LogP contribution in [0.4, 0.5) is 11.4 Å². The number of H-pyrrole nitrogens is 1. The number of para-hydroxylation sites is 1. The van der Waals surface area contributed by atoms with Crippen molar-refractivity contribution in [3.63, 3.8) is 0 Å². The zero-order valence-corrected chi connectivity index (χ0v) is 16.3. The zero-order chi connectivity index (χ0) is 19.2. The van der Waals surface area contributed by atoms with Gasteiger partial charge < -0.3 is 15.0 Å². The van der Waals surface area contributed by atoms with Crippen molar-refractivity contribution in [1.29, 1.82) is 0 Å². The molecule has 2 aliphatic rings. The molecule has 2 N–H and O–H groups in total. The highest BCUT2D eigenvalue weighted by molar-refractivity contribution is 5.98. The fourth-order valence-electron chi connectivity index (χ4n) is 4.73. The molecule has 1 aromatic heterocycles. The summed E-state index contributed by atoms with van der Waals surface area (Å²) in [7, 11) is 0. The van der Waals surface area contributed by atoms with Crippen LogP contribution in [0.25, 0.3) is 21.8 Å². The van der Waals surface area contributed by atoms with Crippen LogP contribution in [0.2, 0.25) is 0 Å². The Kier molecular flexibility index (Phi) is 3.89. The first-order valence-electron chi connectivity index (χ1n) is 10.5. The van der Waals surface area contributed by atoms with E-state index in [1.807, 2.05) is 0 Å². The van der Waals surface area contributed by atoms with Crippen LogP contribution in [-0.2, 0) is 6.42 Å². The third-order valence-corrected chi connectivity index (χ3v) is 6.24. The molecule has 1 fully saturated rings. The number of ether oxygens (including phenoxy) is 1. The Morgan fingerprint density at radius 2 is 1.93 bits per heavy atom. The van der Waals surface area contributed by atoms with Gasteiger partial charge in [-0.05, 0) is 72.4 Å². The maximum absolute atomic E-state index is 6.02. The van der Waals surface area contributed by atoms with E-state index in [4.69, 9.17) is 9.37 Å². The Morgan fingerprint density at radius 3 is 2.83 bits per heavy atom. The van der Waals surface area contributed by atoms with E-state index in [1.54, 1.807) is 0 Å². The Morgan fingerprint density at radius 1 is 1.07 bits per heavy atom. The Bertz CT molecular complexity index is 1120. The smallest absolute Gasteiger partial charge is 0.145 e. The molecule has 2 aliphatic heterocycles. The minimum Gasteiger partial charge on any atom is -0.491 e. The van der Waals surface area contributed by atoms with Crippen molar-refractivity contribution < 1.29 is 9.37 Å². The third-order valence-electron chi connectivity index (χ3n) is 6.24. The van der Waals surface area contributed by atoms with Gasteiger partial charge in [-0.1, -0.05) is 17.3 Å². The fraction of sp³-hybridized carbons (Fsp3) is 0.348. The zero-order valence-electron chi connectivity index (χ0n) is 16.3. The van der Waals surface area contributed by atoms with Gasteiger partial charge in [0, 0.05) is 24.8 Å². The van der Waals surface area contributed by atoms with Gasteiger partial charge in [0.1, 0.15) is 16.8 Å². The molecule has 3 heterocycles. The molecular weight excluding hydrogens is 364 g/mol. The number of hydrogen-bond acceptors (Lipinski definition) is 5. The number of aromatic nitrogens is 2. The molecule has 6 rings (SSSR count). The van der Waals surface area contributed by atoms with Crippen LogP contribution in [0.5, 0.6) is 5.75 Å². The van der Waals surface area contributed by atoms with Gasteiger partial charge in [-0.25, -0.2) is 0 Å². The number of fused-ring (bicyclic) bond motifs is 3. The monoisotopic (exact) mass is 388 g/mol. The number of nitrogens with zero attached hydrogens (tertiary/aromatic N) is 2. The van der Waals surface area contributed by atoms with E-state index < -0.39 is 0 Å². The van der Waals surface area contributed by atoms with Gasteiger partial charge >= 0.3 is 0 Å². The average molecular weight is 388 g/mol. The average Bonchev–Trinajstić information content (AvgIpc) is 3.37. The molecule has 148 valence electrons. The molecule has 4 aromatic rings. The van der Waals surface area contributed by atoms with Gasteiger partial charge in [0.05, 0.1) is 12.3 Å². The summed E-state index contributed by atoms with van der Waals surface area (Å²) in [5.74, 6) is 1.11. The molecule has 6 heteroatoms. The van der Waals surface area contributed by atoms with E-state index in [-0.39, 0.29) is 0 Å². The molecule has 0 spiro atoms. The summed E-state index contributed by atoms with van der Waals surface area (Å²) in [4.78, 5) is 2.49. The summed E-state index contributed by atoms with van der Waals surface area (Å²) < 4.78 is 11.0. The van der Waals surface area contributed by atoms with Crippen molar-refractivity contribution in [3.8, 4) is 5.75 Å². The number of rotatable bonds is 3. The van der Waals surface area contributed by atoms with Crippen molar-refractivity contribution in [2.24, 2.45) is 0 Å². The standard InChI is InChI=1S/C23H24N4O2/c1-3-15-4-2-10-28-23(15)22(5-1)27-8-6-18(7-9-27)24-19-11-16-13-20-21(26-29-25-20)14-17(16)12-19/h1,3,5,11-14,18,24-25H,2,4,6-10H2. The summed E-state index contributed by atoms with van der Waals surface area (Å²) in [5.41, 5.74) is 5.60. The van der Waals surface area contributed by atoms with Crippen molar-refractivity contribution in [1.82, 2.24) is 10.3 Å². The highest BCUT2D eigenvalue weighted by Crippen LogP contribution is 2.37. The quantitative estimate of drug-likeness (QED) is 0.532. The normalized spacial score (nSPS) is 17.4. The number of benzene rings is 2. The minimum atomic E-state index is 0.488. The van der Waals surface area contributed by atoms with Crippen LogP contribution in [-0.4, -0.2) is 36.1 Å². The molecule has 6 nitrogen and oxygen atoms in total. The lowest BCUT2D eigenvalue weighted by atomic mass is 10.0. The van der Waals surface area contributed by atoms with Crippen LogP contribution in [0, 0.1) is 0 Å². The summed E-state index contributed by atoms with van der Waals surface area (Å²) >= 11 is 0. The van der Waals surface area contributed by atoms with E-state index in [0.29, 0.717) is 6.04 Å². The number of piperidine rings is 1. The lowest BCUT2D eigenvalue weighted by Crippen LogP contribution is -2.39. The van der Waals surface area contributed by atoms with Gasteiger partial charge in [-0.15, -0.1) is 0 Å². The topological polar surface area (TPSA) is 66.3 Å². The lowest BCUT2D eigenvalue weighted by molar-refractivity contribution is 0.288. The number of anilines is 2. The van der Waals surface area contributed by atoms with Gasteiger partial charge in [0.25, 0.3) is 0 Å². The number of hydrogen-bond donors (Lipinski definition) is 2. The first kappa shape index (κ1) is 16.8. The Balaban J connectivity index is 1.16. The SMILES string of the molecule is c1cc2c(c(N3CCC(Nc4cc5cc6no[nH]c6cc5c4)CC3)c1)OCCC2. The number of nitrogens with one attached hydrogen (secondary N) is 2. The highest BCUT2D eigenvalue weighted by Gasteiger charge is 2.24. The molecule has 0 saturated carbocycles. The molecule has 0 amide bonds. The van der Waals surface area contributed by atoms with Gasteiger partial charge in [0.2, 0.25) is 0 Å². The summed E-state index contributed by atoms with van der Waals surface area (Å²) in [6, 6.07) is 15.7. The molecule has 0 bridgehead atoms. The van der Waals surface area contributed by atoms with E-state index in [9.17, 15) is 0 Å². The second-order valence-electron chi connectivity index (χ2n) is 8.15. The van der Waals surface area contributed by atoms with E-state index in [0.717, 1.165) is 62.2 Å². The molecule has 1 saturated heterocycles. The predicted molar refractivity (Wildman–Crippen MR) is 115 cm³/mol. The molecule has 0 atom stereocenters. The maximum atomic E-state index is 6.02. The van der Waals surface area contributed by atoms with Crippen LogP contribution in [0.15, 0.2) is 47.1 Å². The summed E-state index contributed by atoms with van der Waals surface area (Å²) in [6.07, 6.45) is 4.49. The second-order valence-corrected chi connectivity index (χ2v) is 8.15. The molecule has 0 radical (unpaired) electrons. The van der Waals surface area contributed by atoms with Gasteiger partial charge in [0.15, 0.2) is 0 Å². The first-order chi connectivity index (χ1) is 14.3. The van der Waals surface area contributed by atoms with Crippen molar-refractivity contribution >= 4 is 33.2 Å². The van der Waals surface area contributed by atoms with Gasteiger partial charge in [-0.3, -0.25) is 4.63 Å². The minimum absolute atomic E-state index is 0.488. The number of aryl methyl sites for hydroxylation is 1. The van der Waals surface area contributed by atoms with E-state index >= 15 is 0 Å². The van der Waals surface area contributed by atoms with Crippen molar-refractivity contribution in [2.45, 2.75) is 31.7 Å². The lowest BCUT2D eigenvalue weighted by Gasteiger charge is -2.36. The largest absolute Gasteiger partial charge is 0.491 e. The summed E-state index contributed by atoms with van der Waals surface area (Å²) in [5, 5.41) is 12.9. The molecule has 29 heavy (non-hydrogen) atoms. The van der Waals surface area contributed by atoms with Crippen LogP contribution < -0.4 is 15.0 Å². The first-order valence-corrected chi connectivity index (χ1v) is 10.5. The van der Waals surface area contributed by atoms with E-state index in [2.05, 4.69) is 63.0 Å². The van der Waals surface area contributed by atoms with Gasteiger partial charge in [-0.2, -0.15) is 5.16 Å². The highest BCUT2D eigenvalue weighted by atomic mass is 16.6. The van der Waals surface area contributed by atoms with E-state index in [1.165, 1.54) is 27.7 Å². The molecule has 0 unspecified atom stereocenters. The molecule has 0 aliphatic carbocycles. The third kappa shape index (κ3) is 2.99. The number of aromatic amines is 1. The van der Waals surface area contributed by atoms with Crippen LogP contribution in [0.1, 0.15) is 24.8 Å². The predicted octanol–water partition coefficient (Wildman–Crippen LogP) is 4.72. The molecule has 3 aromatic carbocycles. The summed E-state index contributed by atoms with van der Waals surface area (Å²) in [6.45, 7) is 2.93. The van der Waals surface area contributed by atoms with Crippen molar-refractivity contribution in [3.05, 3.63) is 48.0 Å². The van der Waals surface area contributed by atoms with Crippen molar-refractivity contribution in [2.75, 3.05) is 29.9 Å². The Hall–Kier alpha value is -3.15. The second kappa shape index (κ2) is 6.72. The Labute approximate surface area is 168 Å². The van der Waals surface area contributed by atoms with Crippen LogP contribution in [0.3, 0.4) is 0 Å². The fourth-order valence-corrected chi connectivity index (χ4v) is 4.73.